The van der Waals surface area contributed by atoms with E-state index in [0.717, 1.165) is 24.7 Å². The Balaban J connectivity index is 2.28. The van der Waals surface area contributed by atoms with Gasteiger partial charge in [0.05, 0.1) is 0 Å². The predicted molar refractivity (Wildman–Crippen MR) is 58.7 cm³/mol. The van der Waals surface area contributed by atoms with Crippen LogP contribution in [0, 0.1) is 5.41 Å². The summed E-state index contributed by atoms with van der Waals surface area (Å²) in [7, 11) is 1.73. The SMILES string of the molecule is COCCC(C)(C)CNc1ncns1. The summed E-state index contributed by atoms with van der Waals surface area (Å²) in [4.78, 5) is 4.06. The van der Waals surface area contributed by atoms with Crippen LogP contribution in [0.1, 0.15) is 20.3 Å². The van der Waals surface area contributed by atoms with Gasteiger partial charge < -0.3 is 10.1 Å². The van der Waals surface area contributed by atoms with Gasteiger partial charge in [-0.05, 0) is 11.8 Å². The van der Waals surface area contributed by atoms with Crippen LogP contribution in [-0.4, -0.2) is 29.6 Å². The van der Waals surface area contributed by atoms with Gasteiger partial charge in [0.15, 0.2) is 0 Å². The molecule has 0 aliphatic heterocycles. The summed E-state index contributed by atoms with van der Waals surface area (Å²) in [6, 6.07) is 0. The Morgan fingerprint density at radius 2 is 2.36 bits per heavy atom. The van der Waals surface area contributed by atoms with Gasteiger partial charge >= 0.3 is 0 Å². The van der Waals surface area contributed by atoms with Crippen molar-refractivity contribution in [3.63, 3.8) is 0 Å². The van der Waals surface area contributed by atoms with Gasteiger partial charge in [-0.1, -0.05) is 13.8 Å². The molecule has 0 spiro atoms. The predicted octanol–water partition coefficient (Wildman–Crippen LogP) is 2.01. The maximum Gasteiger partial charge on any atom is 0.202 e. The molecule has 0 saturated heterocycles. The molecule has 0 aromatic carbocycles. The fraction of sp³-hybridized carbons (Fsp3) is 0.778. The van der Waals surface area contributed by atoms with E-state index in [1.54, 1.807) is 13.4 Å². The van der Waals surface area contributed by atoms with E-state index >= 15 is 0 Å². The Labute approximate surface area is 88.9 Å². The normalized spacial score (nSPS) is 11.6. The molecule has 14 heavy (non-hydrogen) atoms. The van der Waals surface area contributed by atoms with Crippen LogP contribution in [-0.2, 0) is 4.74 Å². The Bertz CT molecular complexity index is 249. The first-order chi connectivity index (χ1) is 6.64. The second-order valence-corrected chi connectivity index (χ2v) is 4.79. The molecule has 0 bridgehead atoms. The topological polar surface area (TPSA) is 47.0 Å². The lowest BCUT2D eigenvalue weighted by Crippen LogP contribution is -2.24. The summed E-state index contributed by atoms with van der Waals surface area (Å²) in [5.74, 6) is 0. The molecule has 0 fully saturated rings. The number of hydrogen-bond acceptors (Lipinski definition) is 5. The third-order valence-electron chi connectivity index (χ3n) is 2.06. The van der Waals surface area contributed by atoms with Gasteiger partial charge in [-0.25, -0.2) is 4.98 Å². The molecule has 0 aliphatic carbocycles. The zero-order chi connectivity index (χ0) is 10.4. The van der Waals surface area contributed by atoms with Gasteiger partial charge in [-0.2, -0.15) is 4.37 Å². The van der Waals surface area contributed by atoms with E-state index in [9.17, 15) is 0 Å². The number of aromatic nitrogens is 2. The number of anilines is 1. The highest BCUT2D eigenvalue weighted by molar-refractivity contribution is 7.09. The highest BCUT2D eigenvalue weighted by Gasteiger charge is 2.17. The molecule has 1 aromatic rings. The Morgan fingerprint density at radius 1 is 1.57 bits per heavy atom. The quantitative estimate of drug-likeness (QED) is 0.788. The highest BCUT2D eigenvalue weighted by atomic mass is 32.1. The molecule has 1 rings (SSSR count). The molecule has 0 amide bonds. The van der Waals surface area contributed by atoms with Crippen molar-refractivity contribution < 1.29 is 4.74 Å². The summed E-state index contributed by atoms with van der Waals surface area (Å²) in [5.41, 5.74) is 0.224. The lowest BCUT2D eigenvalue weighted by atomic mass is 9.90. The third-order valence-corrected chi connectivity index (χ3v) is 2.68. The van der Waals surface area contributed by atoms with Crippen molar-refractivity contribution in [2.45, 2.75) is 20.3 Å². The number of ether oxygens (including phenoxy) is 1. The van der Waals surface area contributed by atoms with Crippen molar-refractivity contribution in [3.05, 3.63) is 6.33 Å². The second kappa shape index (κ2) is 5.26. The summed E-state index contributed by atoms with van der Waals surface area (Å²) < 4.78 is 8.99. The van der Waals surface area contributed by atoms with Crippen LogP contribution in [0.5, 0.6) is 0 Å². The van der Waals surface area contributed by atoms with Crippen molar-refractivity contribution in [1.82, 2.24) is 9.36 Å². The summed E-state index contributed by atoms with van der Waals surface area (Å²) in [5, 5.41) is 4.15. The first-order valence-corrected chi connectivity index (χ1v) is 5.41. The first-order valence-electron chi connectivity index (χ1n) is 4.63. The Kier molecular flexibility index (Phi) is 4.28. The molecule has 0 atom stereocenters. The van der Waals surface area contributed by atoms with Crippen LogP contribution in [0.15, 0.2) is 6.33 Å². The van der Waals surface area contributed by atoms with Crippen LogP contribution in [0.2, 0.25) is 0 Å². The van der Waals surface area contributed by atoms with Crippen LogP contribution in [0.4, 0.5) is 5.13 Å². The molecular formula is C9H17N3OS. The minimum Gasteiger partial charge on any atom is -0.385 e. The monoisotopic (exact) mass is 215 g/mol. The van der Waals surface area contributed by atoms with Gasteiger partial charge in [0.2, 0.25) is 5.13 Å². The molecule has 4 nitrogen and oxygen atoms in total. The van der Waals surface area contributed by atoms with Crippen molar-refractivity contribution >= 4 is 16.7 Å². The Hall–Kier alpha value is -0.680. The molecule has 80 valence electrons. The minimum atomic E-state index is 0.224. The standard InChI is InChI=1S/C9H17N3OS/c1-9(2,4-5-13-3)6-10-8-11-7-12-14-8/h7H,4-6H2,1-3H3,(H,10,11,12). The molecule has 0 aliphatic rings. The van der Waals surface area contributed by atoms with Crippen LogP contribution in [0.3, 0.4) is 0 Å². The molecule has 0 radical (unpaired) electrons. The van der Waals surface area contributed by atoms with Crippen molar-refractivity contribution in [3.8, 4) is 0 Å². The smallest absolute Gasteiger partial charge is 0.202 e. The summed E-state index contributed by atoms with van der Waals surface area (Å²) in [6.07, 6.45) is 2.60. The van der Waals surface area contributed by atoms with Gasteiger partial charge in [-0.15, -0.1) is 0 Å². The third kappa shape index (κ3) is 4.02. The minimum absolute atomic E-state index is 0.224. The number of nitrogens with one attached hydrogen (secondary N) is 1. The van der Waals surface area contributed by atoms with E-state index in [1.165, 1.54) is 11.5 Å². The van der Waals surface area contributed by atoms with Crippen molar-refractivity contribution in [2.24, 2.45) is 5.41 Å². The van der Waals surface area contributed by atoms with E-state index in [4.69, 9.17) is 4.74 Å². The molecule has 5 heteroatoms. The Morgan fingerprint density at radius 3 is 2.93 bits per heavy atom. The molecule has 0 unspecified atom stereocenters. The van der Waals surface area contributed by atoms with E-state index in [1.807, 2.05) is 0 Å². The van der Waals surface area contributed by atoms with E-state index in [0.29, 0.717) is 0 Å². The lowest BCUT2D eigenvalue weighted by Gasteiger charge is -2.24. The van der Waals surface area contributed by atoms with E-state index in [2.05, 4.69) is 28.5 Å². The lowest BCUT2D eigenvalue weighted by molar-refractivity contribution is 0.157. The zero-order valence-electron chi connectivity index (χ0n) is 8.91. The fourth-order valence-electron chi connectivity index (χ4n) is 1.03. The van der Waals surface area contributed by atoms with Gasteiger partial charge in [0.1, 0.15) is 6.33 Å². The van der Waals surface area contributed by atoms with Crippen LogP contribution in [0.25, 0.3) is 0 Å². The van der Waals surface area contributed by atoms with Crippen LogP contribution < -0.4 is 5.32 Å². The fourth-order valence-corrected chi connectivity index (χ4v) is 1.46. The largest absolute Gasteiger partial charge is 0.385 e. The van der Waals surface area contributed by atoms with Crippen molar-refractivity contribution in [2.75, 3.05) is 25.6 Å². The maximum atomic E-state index is 5.06. The molecule has 0 saturated carbocycles. The van der Waals surface area contributed by atoms with Crippen LogP contribution >= 0.6 is 11.5 Å². The average Bonchev–Trinajstić information content (AvgIpc) is 2.64. The van der Waals surface area contributed by atoms with E-state index in [-0.39, 0.29) is 5.41 Å². The second-order valence-electron chi connectivity index (χ2n) is 4.01. The molecule has 1 N–H and O–H groups in total. The van der Waals surface area contributed by atoms with E-state index < -0.39 is 0 Å². The molecule has 1 aromatic heterocycles. The number of nitrogens with zero attached hydrogens (tertiary/aromatic N) is 2. The molecular weight excluding hydrogens is 198 g/mol. The first kappa shape index (κ1) is 11.4. The van der Waals surface area contributed by atoms with Gasteiger partial charge in [0.25, 0.3) is 0 Å². The van der Waals surface area contributed by atoms with Gasteiger partial charge in [-0.3, -0.25) is 0 Å². The van der Waals surface area contributed by atoms with Gasteiger partial charge in [0, 0.05) is 31.8 Å². The molecule has 1 heterocycles. The summed E-state index contributed by atoms with van der Waals surface area (Å²) in [6.45, 7) is 6.11. The number of rotatable bonds is 6. The number of hydrogen-bond donors (Lipinski definition) is 1. The zero-order valence-corrected chi connectivity index (χ0v) is 9.73. The highest BCUT2D eigenvalue weighted by Crippen LogP contribution is 2.21. The average molecular weight is 215 g/mol. The number of methoxy groups -OCH3 is 1. The summed E-state index contributed by atoms with van der Waals surface area (Å²) >= 11 is 1.38. The maximum absolute atomic E-state index is 5.06. The van der Waals surface area contributed by atoms with Crippen molar-refractivity contribution in [1.29, 1.82) is 0 Å².